The summed E-state index contributed by atoms with van der Waals surface area (Å²) in [5.74, 6) is -1.38. The zero-order valence-corrected chi connectivity index (χ0v) is 20.0. The summed E-state index contributed by atoms with van der Waals surface area (Å²) in [6, 6.07) is 11.1. The first-order valence-corrected chi connectivity index (χ1v) is 12.0. The lowest BCUT2D eigenvalue weighted by Crippen LogP contribution is -2.38. The normalized spacial score (nSPS) is 17.2. The molecule has 2 atom stereocenters. The Morgan fingerprint density at radius 3 is 2.48 bits per heavy atom. The number of ketones is 1. The predicted octanol–water partition coefficient (Wildman–Crippen LogP) is 4.41. The SMILES string of the molecule is COc1cc([C@@H]2C(C(=O)c3cccs3)=C(O)C(=O)N2C[C@H](c2cccs2)N(C)C)ccc1O. The van der Waals surface area contributed by atoms with E-state index in [-0.39, 0.29) is 29.7 Å². The lowest BCUT2D eigenvalue weighted by Gasteiger charge is -2.33. The molecule has 0 fully saturated rings. The molecule has 0 radical (unpaired) electrons. The molecule has 1 amide bonds. The second kappa shape index (κ2) is 9.38. The maximum absolute atomic E-state index is 13.4. The van der Waals surface area contributed by atoms with Gasteiger partial charge in [0, 0.05) is 11.4 Å². The molecule has 0 spiro atoms. The number of hydrogen-bond donors (Lipinski definition) is 2. The number of aliphatic hydroxyl groups excluding tert-OH is 1. The van der Waals surface area contributed by atoms with Gasteiger partial charge in [0.05, 0.1) is 29.6 Å². The van der Waals surface area contributed by atoms with Gasteiger partial charge in [-0.3, -0.25) is 9.59 Å². The van der Waals surface area contributed by atoms with Crippen LogP contribution in [0, 0.1) is 0 Å². The first-order valence-electron chi connectivity index (χ1n) is 10.2. The fourth-order valence-electron chi connectivity index (χ4n) is 4.00. The molecule has 2 aromatic heterocycles. The number of amides is 1. The van der Waals surface area contributed by atoms with Crippen molar-refractivity contribution in [2.75, 3.05) is 27.7 Å². The Bertz CT molecular complexity index is 1190. The molecule has 172 valence electrons. The molecule has 1 aliphatic rings. The molecule has 2 N–H and O–H groups in total. The van der Waals surface area contributed by atoms with Crippen LogP contribution in [0.3, 0.4) is 0 Å². The zero-order valence-electron chi connectivity index (χ0n) is 18.4. The number of thiophene rings is 2. The van der Waals surface area contributed by atoms with E-state index in [1.54, 1.807) is 41.0 Å². The highest BCUT2D eigenvalue weighted by Crippen LogP contribution is 2.43. The number of nitrogens with zero attached hydrogens (tertiary/aromatic N) is 2. The average Bonchev–Trinajstić information content (AvgIpc) is 3.55. The third kappa shape index (κ3) is 4.27. The van der Waals surface area contributed by atoms with Gasteiger partial charge in [-0.25, -0.2) is 0 Å². The van der Waals surface area contributed by atoms with Crippen molar-refractivity contribution in [2.24, 2.45) is 0 Å². The average molecular weight is 485 g/mol. The maximum atomic E-state index is 13.4. The molecule has 7 nitrogen and oxygen atoms in total. The molecule has 9 heteroatoms. The molecule has 1 aromatic carbocycles. The van der Waals surface area contributed by atoms with Gasteiger partial charge in [-0.15, -0.1) is 22.7 Å². The van der Waals surface area contributed by atoms with Crippen molar-refractivity contribution in [1.29, 1.82) is 0 Å². The largest absolute Gasteiger partial charge is 0.504 e. The topological polar surface area (TPSA) is 90.3 Å². The minimum Gasteiger partial charge on any atom is -0.504 e. The highest BCUT2D eigenvalue weighted by Gasteiger charge is 2.45. The number of carbonyl (C=O) groups excluding carboxylic acids is 2. The quantitative estimate of drug-likeness (QED) is 0.461. The lowest BCUT2D eigenvalue weighted by atomic mass is 9.94. The van der Waals surface area contributed by atoms with Crippen molar-refractivity contribution in [1.82, 2.24) is 9.80 Å². The number of hydrogen-bond acceptors (Lipinski definition) is 8. The summed E-state index contributed by atoms with van der Waals surface area (Å²) in [5.41, 5.74) is 0.588. The molecule has 0 unspecified atom stereocenters. The number of phenols is 1. The minimum atomic E-state index is -0.830. The van der Waals surface area contributed by atoms with E-state index in [2.05, 4.69) is 0 Å². The number of ether oxygens (including phenoxy) is 1. The van der Waals surface area contributed by atoms with E-state index in [0.29, 0.717) is 10.4 Å². The van der Waals surface area contributed by atoms with Crippen LogP contribution in [0.15, 0.2) is 64.6 Å². The molecule has 0 bridgehead atoms. The maximum Gasteiger partial charge on any atom is 0.290 e. The van der Waals surface area contributed by atoms with Gasteiger partial charge < -0.3 is 24.7 Å². The molecule has 0 saturated heterocycles. The van der Waals surface area contributed by atoms with Crippen LogP contribution in [0.2, 0.25) is 0 Å². The van der Waals surface area contributed by atoms with Gasteiger partial charge in [0.15, 0.2) is 17.3 Å². The molecule has 0 aliphatic carbocycles. The molecule has 33 heavy (non-hydrogen) atoms. The second-order valence-corrected chi connectivity index (χ2v) is 9.78. The van der Waals surface area contributed by atoms with E-state index < -0.39 is 23.5 Å². The van der Waals surface area contributed by atoms with Crippen molar-refractivity contribution in [3.05, 3.63) is 79.9 Å². The number of aromatic hydroxyl groups is 1. The number of benzene rings is 1. The Labute approximate surface area is 199 Å². The number of rotatable bonds is 8. The molecule has 1 aliphatic heterocycles. The first-order chi connectivity index (χ1) is 15.8. The van der Waals surface area contributed by atoms with Gasteiger partial charge in [0.2, 0.25) is 5.78 Å². The molecular weight excluding hydrogens is 460 g/mol. The lowest BCUT2D eigenvalue weighted by molar-refractivity contribution is -0.130. The molecule has 4 rings (SSSR count). The van der Waals surface area contributed by atoms with Crippen LogP contribution in [0.1, 0.15) is 32.2 Å². The number of carbonyl (C=O) groups is 2. The van der Waals surface area contributed by atoms with Crippen molar-refractivity contribution in [3.63, 3.8) is 0 Å². The Morgan fingerprint density at radius 1 is 1.15 bits per heavy atom. The summed E-state index contributed by atoms with van der Waals surface area (Å²) in [7, 11) is 5.28. The van der Waals surface area contributed by atoms with Gasteiger partial charge in [0.25, 0.3) is 5.91 Å². The third-order valence-corrected chi connectivity index (χ3v) is 7.52. The highest BCUT2D eigenvalue weighted by molar-refractivity contribution is 7.12. The van der Waals surface area contributed by atoms with E-state index in [1.165, 1.54) is 29.4 Å². The van der Waals surface area contributed by atoms with E-state index in [1.807, 2.05) is 36.5 Å². The number of Topliss-reactive ketones (excluding diaryl/α,β-unsaturated/α-hetero) is 1. The number of phenolic OH excluding ortho intramolecular Hbond substituents is 1. The van der Waals surface area contributed by atoms with Crippen molar-refractivity contribution < 1.29 is 24.5 Å². The fraction of sp³-hybridized carbons (Fsp3) is 0.250. The molecule has 3 heterocycles. The summed E-state index contributed by atoms with van der Waals surface area (Å²) in [4.78, 5) is 31.7. The van der Waals surface area contributed by atoms with Gasteiger partial charge in [0.1, 0.15) is 0 Å². The van der Waals surface area contributed by atoms with Crippen molar-refractivity contribution in [2.45, 2.75) is 12.1 Å². The summed E-state index contributed by atoms with van der Waals surface area (Å²) >= 11 is 2.83. The fourth-order valence-corrected chi connectivity index (χ4v) is 5.59. The van der Waals surface area contributed by atoms with Gasteiger partial charge in [-0.05, 0) is 54.7 Å². The Balaban J connectivity index is 1.82. The van der Waals surface area contributed by atoms with E-state index in [0.717, 1.165) is 4.88 Å². The van der Waals surface area contributed by atoms with Gasteiger partial charge in [-0.2, -0.15) is 0 Å². The predicted molar refractivity (Wildman–Crippen MR) is 128 cm³/mol. The zero-order chi connectivity index (χ0) is 23.7. The summed E-state index contributed by atoms with van der Waals surface area (Å²) in [6.45, 7) is 0.255. The van der Waals surface area contributed by atoms with Crippen LogP contribution in [-0.2, 0) is 4.79 Å². The number of likely N-dealkylation sites (N-methyl/N-ethyl adjacent to an activating group) is 1. The van der Waals surface area contributed by atoms with E-state index in [9.17, 15) is 19.8 Å². The number of aliphatic hydroxyl groups is 1. The van der Waals surface area contributed by atoms with Crippen LogP contribution in [0.4, 0.5) is 0 Å². The van der Waals surface area contributed by atoms with Gasteiger partial charge >= 0.3 is 0 Å². The van der Waals surface area contributed by atoms with Crippen LogP contribution < -0.4 is 4.74 Å². The number of methoxy groups -OCH3 is 1. The molecule has 3 aromatic rings. The van der Waals surface area contributed by atoms with Crippen LogP contribution in [0.25, 0.3) is 0 Å². The monoisotopic (exact) mass is 484 g/mol. The summed E-state index contributed by atoms with van der Waals surface area (Å²) in [6.07, 6.45) is 0. The first kappa shape index (κ1) is 23.0. The van der Waals surface area contributed by atoms with Crippen molar-refractivity contribution in [3.8, 4) is 11.5 Å². The minimum absolute atomic E-state index is 0.0267. The highest BCUT2D eigenvalue weighted by atomic mass is 32.1. The Kier molecular flexibility index (Phi) is 6.55. The van der Waals surface area contributed by atoms with Crippen LogP contribution in [-0.4, -0.2) is 59.5 Å². The summed E-state index contributed by atoms with van der Waals surface area (Å²) in [5, 5.41) is 24.7. The smallest absolute Gasteiger partial charge is 0.290 e. The van der Waals surface area contributed by atoms with Crippen LogP contribution >= 0.6 is 22.7 Å². The molecular formula is C24H24N2O5S2. The molecule has 0 saturated carbocycles. The van der Waals surface area contributed by atoms with Gasteiger partial charge in [-0.1, -0.05) is 18.2 Å². The third-order valence-electron chi connectivity index (χ3n) is 5.68. The second-order valence-electron chi connectivity index (χ2n) is 7.85. The summed E-state index contributed by atoms with van der Waals surface area (Å²) < 4.78 is 5.26. The van der Waals surface area contributed by atoms with Crippen LogP contribution in [0.5, 0.6) is 11.5 Å². The van der Waals surface area contributed by atoms with E-state index in [4.69, 9.17) is 4.74 Å². The standard InChI is InChI=1S/C24H24N2O5S2/c1-25(2)15(18-6-4-10-32-18)13-26-21(14-8-9-16(27)17(12-14)31-3)20(23(29)24(26)30)22(28)19-7-5-11-33-19/h4-12,15,21,27,29H,13H2,1-3H3/t15-,21-/m1/s1. The Morgan fingerprint density at radius 2 is 1.88 bits per heavy atom. The van der Waals surface area contributed by atoms with E-state index >= 15 is 0 Å². The Hall–Kier alpha value is -3.14. The van der Waals surface area contributed by atoms with Crippen molar-refractivity contribution >= 4 is 34.4 Å².